The van der Waals surface area contributed by atoms with Gasteiger partial charge in [-0.2, -0.15) is 0 Å². The molecule has 2 heterocycles. The standard InChI is InChI=1S/C16H29N3O2/c1-12(2)15(21)18-7-6-16(9-18)10-19(11-16)14(20)8-17(5)13(3)4/h12-13H,6-11H2,1-5H3. The summed E-state index contributed by atoms with van der Waals surface area (Å²) in [6.07, 6.45) is 1.04. The second-order valence-corrected chi connectivity index (χ2v) is 7.42. The van der Waals surface area contributed by atoms with Crippen LogP contribution in [0.25, 0.3) is 0 Å². The summed E-state index contributed by atoms with van der Waals surface area (Å²) >= 11 is 0. The van der Waals surface area contributed by atoms with Crippen molar-refractivity contribution in [2.75, 3.05) is 39.8 Å². The lowest BCUT2D eigenvalue weighted by Crippen LogP contribution is -2.61. The van der Waals surface area contributed by atoms with Crippen LogP contribution in [0.4, 0.5) is 0 Å². The van der Waals surface area contributed by atoms with Crippen molar-refractivity contribution in [2.24, 2.45) is 11.3 Å². The van der Waals surface area contributed by atoms with E-state index in [1.54, 1.807) is 0 Å². The zero-order valence-electron chi connectivity index (χ0n) is 14.1. The highest BCUT2D eigenvalue weighted by Crippen LogP contribution is 2.39. The fourth-order valence-corrected chi connectivity index (χ4v) is 3.18. The Kier molecular flexibility index (Phi) is 4.61. The molecule has 2 saturated heterocycles. The van der Waals surface area contributed by atoms with Crippen LogP contribution in [0.3, 0.4) is 0 Å². The topological polar surface area (TPSA) is 43.9 Å². The molecule has 0 N–H and O–H groups in total. The van der Waals surface area contributed by atoms with E-state index in [1.807, 2.05) is 30.7 Å². The Labute approximate surface area is 128 Å². The lowest BCUT2D eigenvalue weighted by Gasteiger charge is -2.48. The average Bonchev–Trinajstić information content (AvgIpc) is 2.80. The van der Waals surface area contributed by atoms with Gasteiger partial charge in [-0.25, -0.2) is 0 Å². The molecular formula is C16H29N3O2. The van der Waals surface area contributed by atoms with Crippen molar-refractivity contribution in [3.05, 3.63) is 0 Å². The third-order valence-electron chi connectivity index (χ3n) is 4.92. The van der Waals surface area contributed by atoms with Crippen molar-refractivity contribution in [3.8, 4) is 0 Å². The Morgan fingerprint density at radius 1 is 1.10 bits per heavy atom. The van der Waals surface area contributed by atoms with E-state index >= 15 is 0 Å². The Morgan fingerprint density at radius 2 is 1.67 bits per heavy atom. The monoisotopic (exact) mass is 295 g/mol. The molecule has 0 unspecified atom stereocenters. The molecule has 0 saturated carbocycles. The minimum Gasteiger partial charge on any atom is -0.342 e. The fraction of sp³-hybridized carbons (Fsp3) is 0.875. The van der Waals surface area contributed by atoms with Crippen molar-refractivity contribution in [2.45, 2.75) is 40.2 Å². The molecule has 2 aliphatic rings. The van der Waals surface area contributed by atoms with Gasteiger partial charge in [-0.15, -0.1) is 0 Å². The molecule has 0 bridgehead atoms. The molecule has 0 aromatic rings. The first-order valence-corrected chi connectivity index (χ1v) is 8.01. The number of nitrogens with zero attached hydrogens (tertiary/aromatic N) is 3. The zero-order valence-corrected chi connectivity index (χ0v) is 14.1. The Bertz CT molecular complexity index is 414. The van der Waals surface area contributed by atoms with E-state index in [0.717, 1.165) is 32.6 Å². The Hall–Kier alpha value is -1.10. The molecule has 5 heteroatoms. The van der Waals surface area contributed by atoms with Crippen LogP contribution in [0.2, 0.25) is 0 Å². The minimum absolute atomic E-state index is 0.0673. The molecule has 1 spiro atoms. The van der Waals surface area contributed by atoms with E-state index in [9.17, 15) is 9.59 Å². The summed E-state index contributed by atoms with van der Waals surface area (Å²) in [5, 5.41) is 0. The third kappa shape index (κ3) is 3.39. The summed E-state index contributed by atoms with van der Waals surface area (Å²) in [5.74, 6) is 0.527. The van der Waals surface area contributed by atoms with E-state index < -0.39 is 0 Å². The SMILES string of the molecule is CC(C)C(=O)N1CCC2(CN(C(=O)CN(C)C(C)C)C2)C1. The van der Waals surface area contributed by atoms with Crippen LogP contribution in [0.5, 0.6) is 0 Å². The number of amides is 2. The molecule has 21 heavy (non-hydrogen) atoms. The first-order valence-electron chi connectivity index (χ1n) is 8.01. The second kappa shape index (κ2) is 5.95. The number of hydrogen-bond acceptors (Lipinski definition) is 3. The Morgan fingerprint density at radius 3 is 2.19 bits per heavy atom. The van der Waals surface area contributed by atoms with Crippen LogP contribution in [0.1, 0.15) is 34.1 Å². The predicted molar refractivity (Wildman–Crippen MR) is 82.8 cm³/mol. The highest BCUT2D eigenvalue weighted by molar-refractivity contribution is 5.80. The van der Waals surface area contributed by atoms with Gasteiger partial charge < -0.3 is 9.80 Å². The molecule has 2 aliphatic heterocycles. The number of carbonyl (C=O) groups excluding carboxylic acids is 2. The van der Waals surface area contributed by atoms with Crippen LogP contribution in [-0.2, 0) is 9.59 Å². The summed E-state index contributed by atoms with van der Waals surface area (Å²) in [6, 6.07) is 0.384. The quantitative estimate of drug-likeness (QED) is 0.778. The highest BCUT2D eigenvalue weighted by Gasteiger charge is 2.50. The van der Waals surface area contributed by atoms with Gasteiger partial charge in [0.25, 0.3) is 0 Å². The van der Waals surface area contributed by atoms with Crippen molar-refractivity contribution in [1.29, 1.82) is 0 Å². The summed E-state index contributed by atoms with van der Waals surface area (Å²) in [6.45, 7) is 11.9. The van der Waals surface area contributed by atoms with Gasteiger partial charge in [-0.3, -0.25) is 14.5 Å². The van der Waals surface area contributed by atoms with Crippen molar-refractivity contribution < 1.29 is 9.59 Å². The minimum atomic E-state index is 0.0673. The van der Waals surface area contributed by atoms with Crippen molar-refractivity contribution in [1.82, 2.24) is 14.7 Å². The molecule has 5 nitrogen and oxygen atoms in total. The van der Waals surface area contributed by atoms with Crippen LogP contribution < -0.4 is 0 Å². The van der Waals surface area contributed by atoms with Crippen molar-refractivity contribution in [3.63, 3.8) is 0 Å². The highest BCUT2D eigenvalue weighted by atomic mass is 16.2. The third-order valence-corrected chi connectivity index (χ3v) is 4.92. The van der Waals surface area contributed by atoms with Gasteiger partial charge in [0.2, 0.25) is 11.8 Å². The summed E-state index contributed by atoms with van der Waals surface area (Å²) in [4.78, 5) is 30.2. The van der Waals surface area contributed by atoms with Gasteiger partial charge in [0, 0.05) is 43.6 Å². The van der Waals surface area contributed by atoms with Crippen molar-refractivity contribution >= 4 is 11.8 Å². The number of hydrogen-bond donors (Lipinski definition) is 0. The largest absolute Gasteiger partial charge is 0.342 e. The Balaban J connectivity index is 1.81. The van der Waals surface area contributed by atoms with Gasteiger partial charge in [0.15, 0.2) is 0 Å². The zero-order chi connectivity index (χ0) is 15.8. The van der Waals surface area contributed by atoms with Crippen LogP contribution in [0, 0.1) is 11.3 Å². The van der Waals surface area contributed by atoms with E-state index in [-0.39, 0.29) is 23.1 Å². The molecule has 120 valence electrons. The normalized spacial score (nSPS) is 20.8. The fourth-order valence-electron chi connectivity index (χ4n) is 3.18. The summed E-state index contributed by atoms with van der Waals surface area (Å²) < 4.78 is 0. The van der Waals surface area contributed by atoms with E-state index in [0.29, 0.717) is 12.6 Å². The molecule has 2 rings (SSSR count). The average molecular weight is 295 g/mol. The molecule has 0 radical (unpaired) electrons. The lowest BCUT2D eigenvalue weighted by atomic mass is 9.79. The van der Waals surface area contributed by atoms with Gasteiger partial charge in [0.1, 0.15) is 0 Å². The second-order valence-electron chi connectivity index (χ2n) is 7.42. The molecule has 2 fully saturated rings. The summed E-state index contributed by atoms with van der Waals surface area (Å²) in [7, 11) is 1.98. The number of likely N-dealkylation sites (tertiary alicyclic amines) is 2. The molecular weight excluding hydrogens is 266 g/mol. The van der Waals surface area contributed by atoms with E-state index in [2.05, 4.69) is 18.7 Å². The molecule has 2 amide bonds. The molecule has 0 aliphatic carbocycles. The number of carbonyl (C=O) groups is 2. The van der Waals surface area contributed by atoms with Crippen LogP contribution in [0.15, 0.2) is 0 Å². The number of likely N-dealkylation sites (N-methyl/N-ethyl adjacent to an activating group) is 1. The smallest absolute Gasteiger partial charge is 0.236 e. The molecule has 0 atom stereocenters. The molecule has 0 aromatic carbocycles. The van der Waals surface area contributed by atoms with E-state index in [1.165, 1.54) is 0 Å². The summed E-state index contributed by atoms with van der Waals surface area (Å²) in [5.41, 5.74) is 0.177. The predicted octanol–water partition coefficient (Wildman–Crippen LogP) is 1.04. The van der Waals surface area contributed by atoms with Crippen LogP contribution in [-0.4, -0.2) is 72.3 Å². The maximum atomic E-state index is 12.2. The first-order chi connectivity index (χ1) is 9.74. The van der Waals surface area contributed by atoms with Gasteiger partial charge in [-0.05, 0) is 27.3 Å². The first kappa shape index (κ1) is 16.3. The maximum Gasteiger partial charge on any atom is 0.236 e. The van der Waals surface area contributed by atoms with Gasteiger partial charge in [0.05, 0.1) is 6.54 Å². The van der Waals surface area contributed by atoms with E-state index in [4.69, 9.17) is 0 Å². The van der Waals surface area contributed by atoms with Gasteiger partial charge >= 0.3 is 0 Å². The lowest BCUT2D eigenvalue weighted by molar-refractivity contribution is -0.144. The maximum absolute atomic E-state index is 12.2. The van der Waals surface area contributed by atoms with Gasteiger partial charge in [-0.1, -0.05) is 13.8 Å². The number of rotatable bonds is 4. The van der Waals surface area contributed by atoms with Crippen LogP contribution >= 0.6 is 0 Å². The molecule has 0 aromatic heterocycles.